The van der Waals surface area contributed by atoms with Crippen LogP contribution in [-0.4, -0.2) is 50.0 Å². The summed E-state index contributed by atoms with van der Waals surface area (Å²) in [5.74, 6) is -0.594. The van der Waals surface area contributed by atoms with E-state index in [0.29, 0.717) is 42.0 Å². The number of benzene rings is 2. The van der Waals surface area contributed by atoms with E-state index in [-0.39, 0.29) is 29.1 Å². The summed E-state index contributed by atoms with van der Waals surface area (Å²) in [7, 11) is 0. The summed E-state index contributed by atoms with van der Waals surface area (Å²) < 4.78 is 14.0. The number of Topliss-reactive ketones (excluding diaryl/α,β-unsaturated/α-hetero) is 1. The van der Waals surface area contributed by atoms with Crippen molar-refractivity contribution in [1.82, 2.24) is 10.6 Å². The Balaban J connectivity index is 0.000000406. The molecular weight excluding hydrogens is 520 g/mol. The van der Waals surface area contributed by atoms with Gasteiger partial charge in [-0.05, 0) is 40.8 Å². The van der Waals surface area contributed by atoms with E-state index >= 15 is 0 Å². The molecule has 2 aromatic rings. The van der Waals surface area contributed by atoms with Crippen LogP contribution in [-0.2, 0) is 14.4 Å². The molecule has 0 bridgehead atoms. The first-order chi connectivity index (χ1) is 17.4. The van der Waals surface area contributed by atoms with E-state index < -0.39 is 12.4 Å². The van der Waals surface area contributed by atoms with Crippen LogP contribution in [0.3, 0.4) is 0 Å². The highest BCUT2D eigenvalue weighted by Crippen LogP contribution is 2.41. The van der Waals surface area contributed by atoms with Crippen LogP contribution in [0.4, 0.5) is 10.1 Å². The molecule has 0 spiro atoms. The Bertz CT molecular complexity index is 1030. The van der Waals surface area contributed by atoms with E-state index in [1.54, 1.807) is 0 Å². The highest BCUT2D eigenvalue weighted by atomic mass is 35.5. The van der Waals surface area contributed by atoms with Crippen LogP contribution < -0.4 is 16.0 Å². The van der Waals surface area contributed by atoms with E-state index in [1.807, 2.05) is 24.3 Å². The molecule has 1 saturated heterocycles. The molecule has 10 heteroatoms. The van der Waals surface area contributed by atoms with Gasteiger partial charge in [-0.15, -0.1) is 0 Å². The fraction of sp³-hybridized carbons (Fsp3) is 0.444. The van der Waals surface area contributed by atoms with Gasteiger partial charge in [0.15, 0.2) is 5.78 Å². The molecule has 0 radical (unpaired) electrons. The molecule has 2 amide bonds. The standard InChI is InChI=1S/C17H15Cl2FN2O.C5H9NO3.C5H12/c18-11-3-1-2-10(4-11)13-7-21-8-14(13)12-5-16(20)15(19)6-17(12)22-9-23;7-3-5(9)1-2-6-4-8;1-5(2,3)4/h1-6,9,13-14,21H,7-8H2,(H,22,23);4,7H,1-3H2,(H,6,8);1-4H3. The molecule has 7 nitrogen and oxygen atoms in total. The number of hydrogen-bond donors (Lipinski definition) is 4. The second-order valence-electron chi connectivity index (χ2n) is 10.1. The number of rotatable bonds is 9. The zero-order chi connectivity index (χ0) is 28.0. The molecule has 0 aliphatic carbocycles. The third-order valence-electron chi connectivity index (χ3n) is 5.01. The lowest BCUT2D eigenvalue weighted by atomic mass is 9.83. The first-order valence-corrected chi connectivity index (χ1v) is 12.6. The van der Waals surface area contributed by atoms with Gasteiger partial charge in [-0.1, -0.05) is 63.0 Å². The predicted molar refractivity (Wildman–Crippen MR) is 147 cm³/mol. The van der Waals surface area contributed by atoms with Crippen molar-refractivity contribution in [2.24, 2.45) is 5.41 Å². The number of carbonyl (C=O) groups excluding carboxylic acids is 3. The van der Waals surface area contributed by atoms with Crippen LogP contribution in [0.2, 0.25) is 10.0 Å². The summed E-state index contributed by atoms with van der Waals surface area (Å²) in [6, 6.07) is 10.5. The normalized spacial score (nSPS) is 16.4. The molecule has 1 aliphatic rings. The number of anilines is 1. The number of ketones is 1. The molecule has 1 fully saturated rings. The Labute approximate surface area is 228 Å². The lowest BCUT2D eigenvalue weighted by molar-refractivity contribution is -0.121. The van der Waals surface area contributed by atoms with Gasteiger partial charge >= 0.3 is 0 Å². The van der Waals surface area contributed by atoms with Crippen molar-refractivity contribution >= 4 is 47.5 Å². The van der Waals surface area contributed by atoms with Crippen molar-refractivity contribution in [2.75, 3.05) is 31.6 Å². The fourth-order valence-corrected chi connectivity index (χ4v) is 3.86. The number of aliphatic hydroxyl groups excluding tert-OH is 1. The smallest absolute Gasteiger partial charge is 0.211 e. The molecule has 1 heterocycles. The van der Waals surface area contributed by atoms with E-state index in [4.69, 9.17) is 28.3 Å². The van der Waals surface area contributed by atoms with Crippen LogP contribution in [0.5, 0.6) is 0 Å². The van der Waals surface area contributed by atoms with E-state index in [1.165, 1.54) is 12.1 Å². The summed E-state index contributed by atoms with van der Waals surface area (Å²) >= 11 is 11.9. The summed E-state index contributed by atoms with van der Waals surface area (Å²) in [4.78, 5) is 30.7. The Kier molecular flexibility index (Phi) is 14.4. The summed E-state index contributed by atoms with van der Waals surface area (Å²) in [6.07, 6.45) is 1.30. The molecule has 0 saturated carbocycles. The third-order valence-corrected chi connectivity index (χ3v) is 5.53. The lowest BCUT2D eigenvalue weighted by Gasteiger charge is -2.22. The van der Waals surface area contributed by atoms with Crippen molar-refractivity contribution < 1.29 is 23.9 Å². The van der Waals surface area contributed by atoms with E-state index in [2.05, 4.69) is 43.6 Å². The molecule has 37 heavy (non-hydrogen) atoms. The van der Waals surface area contributed by atoms with Crippen LogP contribution in [0.25, 0.3) is 0 Å². The molecule has 2 atom stereocenters. The number of nitrogens with one attached hydrogen (secondary N) is 3. The molecule has 2 aromatic carbocycles. The van der Waals surface area contributed by atoms with Crippen LogP contribution in [0, 0.1) is 11.2 Å². The SMILES string of the molecule is CC(C)(C)C.O=CNCCC(=O)CO.O=CNc1cc(Cl)c(F)cc1C1CNCC1c1cccc(Cl)c1. The van der Waals surface area contributed by atoms with Gasteiger partial charge in [0.25, 0.3) is 0 Å². The van der Waals surface area contributed by atoms with E-state index in [9.17, 15) is 18.8 Å². The minimum absolute atomic E-state index is 0.0108. The van der Waals surface area contributed by atoms with Crippen molar-refractivity contribution in [1.29, 1.82) is 0 Å². The average molecular weight is 557 g/mol. The number of carbonyl (C=O) groups is 3. The second-order valence-corrected chi connectivity index (χ2v) is 10.9. The van der Waals surface area contributed by atoms with Crippen LogP contribution in [0.1, 0.15) is 57.1 Å². The van der Waals surface area contributed by atoms with Gasteiger partial charge in [0.05, 0.1) is 5.02 Å². The van der Waals surface area contributed by atoms with Gasteiger partial charge in [-0.2, -0.15) is 0 Å². The highest BCUT2D eigenvalue weighted by Gasteiger charge is 2.32. The molecule has 1 aliphatic heterocycles. The molecule has 2 unspecified atom stereocenters. The highest BCUT2D eigenvalue weighted by molar-refractivity contribution is 6.31. The summed E-state index contributed by atoms with van der Waals surface area (Å²) in [5, 5.41) is 17.1. The van der Waals surface area contributed by atoms with Gasteiger partial charge in [-0.25, -0.2) is 4.39 Å². The molecule has 204 valence electrons. The quantitative estimate of drug-likeness (QED) is 0.260. The number of amides is 2. The first-order valence-electron chi connectivity index (χ1n) is 11.9. The van der Waals surface area contributed by atoms with Crippen molar-refractivity contribution in [2.45, 2.75) is 46.0 Å². The Morgan fingerprint density at radius 2 is 1.76 bits per heavy atom. The largest absolute Gasteiger partial charge is 0.389 e. The Morgan fingerprint density at radius 3 is 2.32 bits per heavy atom. The Hall–Kier alpha value is -2.52. The van der Waals surface area contributed by atoms with Crippen molar-refractivity contribution in [3.8, 4) is 0 Å². The molecule has 4 N–H and O–H groups in total. The monoisotopic (exact) mass is 555 g/mol. The van der Waals surface area contributed by atoms with Gasteiger partial charge < -0.3 is 21.1 Å². The number of halogens is 3. The number of aliphatic hydroxyl groups is 1. The number of hydrogen-bond acceptors (Lipinski definition) is 5. The van der Waals surface area contributed by atoms with Gasteiger partial charge in [0.1, 0.15) is 12.4 Å². The molecule has 3 rings (SSSR count). The lowest BCUT2D eigenvalue weighted by Crippen LogP contribution is -2.17. The zero-order valence-corrected chi connectivity index (χ0v) is 23.1. The van der Waals surface area contributed by atoms with Gasteiger partial charge in [0, 0.05) is 48.6 Å². The minimum atomic E-state index is -0.491. The zero-order valence-electron chi connectivity index (χ0n) is 21.6. The van der Waals surface area contributed by atoms with Crippen LogP contribution in [0.15, 0.2) is 36.4 Å². The topological polar surface area (TPSA) is 108 Å². The van der Waals surface area contributed by atoms with Crippen molar-refractivity contribution in [3.05, 3.63) is 63.4 Å². The van der Waals surface area contributed by atoms with Gasteiger partial charge in [-0.3, -0.25) is 14.4 Å². The van der Waals surface area contributed by atoms with Crippen LogP contribution >= 0.6 is 23.2 Å². The maximum atomic E-state index is 14.0. The fourth-order valence-electron chi connectivity index (χ4n) is 3.50. The maximum absolute atomic E-state index is 14.0. The predicted octanol–water partition coefficient (Wildman–Crippen LogP) is 4.91. The van der Waals surface area contributed by atoms with E-state index in [0.717, 1.165) is 17.7 Å². The summed E-state index contributed by atoms with van der Waals surface area (Å²) in [6.45, 7) is 10.1. The maximum Gasteiger partial charge on any atom is 0.211 e. The third kappa shape index (κ3) is 12.5. The minimum Gasteiger partial charge on any atom is -0.389 e. The average Bonchev–Trinajstić information content (AvgIpc) is 3.31. The summed E-state index contributed by atoms with van der Waals surface area (Å²) in [5.41, 5.74) is 2.85. The molecular formula is C27H36Cl2FN3O4. The van der Waals surface area contributed by atoms with Gasteiger partial charge in [0.2, 0.25) is 12.8 Å². The molecule has 0 aromatic heterocycles. The Morgan fingerprint density at radius 1 is 1.11 bits per heavy atom. The first kappa shape index (κ1) is 32.5. The van der Waals surface area contributed by atoms with Crippen molar-refractivity contribution in [3.63, 3.8) is 0 Å². The second kappa shape index (κ2) is 16.3.